The molecule has 0 unspecified atom stereocenters. The number of amides is 1. The van der Waals surface area contributed by atoms with Gasteiger partial charge in [0.1, 0.15) is 0 Å². The van der Waals surface area contributed by atoms with Crippen LogP contribution in [0, 0.1) is 11.3 Å². The number of hydrogen-bond acceptors (Lipinski definition) is 3. The summed E-state index contributed by atoms with van der Waals surface area (Å²) < 4.78 is 36.5. The van der Waals surface area contributed by atoms with Crippen LogP contribution in [-0.2, 0) is 4.79 Å². The van der Waals surface area contributed by atoms with E-state index in [1.807, 2.05) is 6.07 Å². The van der Waals surface area contributed by atoms with Gasteiger partial charge < -0.3 is 4.90 Å². The van der Waals surface area contributed by atoms with Crippen molar-refractivity contribution >= 4 is 5.91 Å². The molecule has 4 nitrogen and oxygen atoms in total. The van der Waals surface area contributed by atoms with E-state index >= 15 is 0 Å². The van der Waals surface area contributed by atoms with Crippen molar-refractivity contribution in [2.45, 2.75) is 25.9 Å². The minimum atomic E-state index is -4.24. The summed E-state index contributed by atoms with van der Waals surface area (Å²) in [4.78, 5) is 14.1. The van der Waals surface area contributed by atoms with Crippen molar-refractivity contribution in [3.05, 3.63) is 0 Å². The molecule has 1 amide bonds. The lowest BCUT2D eigenvalue weighted by Crippen LogP contribution is -2.37. The van der Waals surface area contributed by atoms with E-state index in [0.29, 0.717) is 6.54 Å². The van der Waals surface area contributed by atoms with E-state index in [0.717, 1.165) is 0 Å². The van der Waals surface area contributed by atoms with Gasteiger partial charge in [-0.25, -0.2) is 0 Å². The quantitative estimate of drug-likeness (QED) is 0.703. The van der Waals surface area contributed by atoms with E-state index in [1.54, 1.807) is 14.0 Å². The van der Waals surface area contributed by atoms with Crippen LogP contribution in [0.4, 0.5) is 13.2 Å². The zero-order valence-electron chi connectivity index (χ0n) is 10.6. The Hall–Kier alpha value is -1.29. The van der Waals surface area contributed by atoms with Gasteiger partial charge in [0.2, 0.25) is 5.91 Å². The molecule has 7 heteroatoms. The first-order chi connectivity index (χ1) is 8.30. The van der Waals surface area contributed by atoms with Crippen molar-refractivity contribution in [2.24, 2.45) is 0 Å². The second kappa shape index (κ2) is 7.93. The van der Waals surface area contributed by atoms with Gasteiger partial charge in [-0.1, -0.05) is 6.92 Å². The fourth-order valence-electron chi connectivity index (χ4n) is 1.39. The first kappa shape index (κ1) is 16.7. The number of rotatable bonds is 7. The summed E-state index contributed by atoms with van der Waals surface area (Å²) in [7, 11) is 1.54. The number of carbonyl (C=O) groups is 1. The number of nitrogens with zero attached hydrogens (tertiary/aromatic N) is 3. The Morgan fingerprint density at radius 1 is 1.33 bits per heavy atom. The van der Waals surface area contributed by atoms with Gasteiger partial charge in [0.05, 0.1) is 19.0 Å². The molecule has 0 aromatic rings. The summed E-state index contributed by atoms with van der Waals surface area (Å²) in [6, 6.07) is 1.91. The average molecular weight is 265 g/mol. The van der Waals surface area contributed by atoms with Crippen LogP contribution in [0.15, 0.2) is 0 Å². The Kier molecular flexibility index (Phi) is 7.36. The van der Waals surface area contributed by atoms with Gasteiger partial charge in [-0.3, -0.25) is 9.69 Å². The van der Waals surface area contributed by atoms with Gasteiger partial charge in [-0.05, 0) is 6.54 Å². The van der Waals surface area contributed by atoms with Crippen molar-refractivity contribution < 1.29 is 18.0 Å². The Balaban J connectivity index is 4.05. The summed E-state index contributed by atoms with van der Waals surface area (Å²) in [6.45, 7) is 1.25. The van der Waals surface area contributed by atoms with Crippen molar-refractivity contribution in [3.8, 4) is 6.07 Å². The van der Waals surface area contributed by atoms with Crippen molar-refractivity contribution in [1.29, 1.82) is 5.26 Å². The molecule has 0 aromatic heterocycles. The molecule has 0 aromatic carbocycles. The van der Waals surface area contributed by atoms with Gasteiger partial charge in [0.15, 0.2) is 0 Å². The minimum Gasteiger partial charge on any atom is -0.345 e. The number of halogens is 3. The van der Waals surface area contributed by atoms with E-state index in [1.165, 1.54) is 9.80 Å². The van der Waals surface area contributed by atoms with Crippen LogP contribution in [0.5, 0.6) is 0 Å². The van der Waals surface area contributed by atoms with Gasteiger partial charge in [-0.2, -0.15) is 18.4 Å². The highest BCUT2D eigenvalue weighted by molar-refractivity contribution is 5.76. The molecule has 0 aliphatic heterocycles. The van der Waals surface area contributed by atoms with Crippen LogP contribution in [0.2, 0.25) is 0 Å². The SMILES string of the molecule is CCN(CCC(=O)N(C)CCC#N)CC(F)(F)F. The third kappa shape index (κ3) is 7.90. The second-order valence-corrected chi connectivity index (χ2v) is 3.96. The molecule has 0 aliphatic rings. The lowest BCUT2D eigenvalue weighted by atomic mass is 10.3. The maximum atomic E-state index is 12.2. The third-order valence-corrected chi connectivity index (χ3v) is 2.48. The highest BCUT2D eigenvalue weighted by atomic mass is 19.4. The topological polar surface area (TPSA) is 47.3 Å². The molecule has 0 bridgehead atoms. The Morgan fingerprint density at radius 3 is 2.39 bits per heavy atom. The van der Waals surface area contributed by atoms with Gasteiger partial charge >= 0.3 is 6.18 Å². The molecule has 0 radical (unpaired) electrons. The maximum Gasteiger partial charge on any atom is 0.401 e. The van der Waals surface area contributed by atoms with Crippen molar-refractivity contribution in [3.63, 3.8) is 0 Å². The van der Waals surface area contributed by atoms with E-state index in [2.05, 4.69) is 0 Å². The predicted molar refractivity (Wildman–Crippen MR) is 60.7 cm³/mol. The Labute approximate surface area is 105 Å². The fraction of sp³-hybridized carbons (Fsp3) is 0.818. The summed E-state index contributed by atoms with van der Waals surface area (Å²) in [5, 5.41) is 8.36. The molecule has 0 saturated carbocycles. The zero-order chi connectivity index (χ0) is 14.2. The molecule has 0 aliphatic carbocycles. The van der Waals surface area contributed by atoms with Crippen molar-refractivity contribution in [1.82, 2.24) is 9.80 Å². The Bertz CT molecular complexity index is 299. The van der Waals surface area contributed by atoms with Crippen LogP contribution in [-0.4, -0.2) is 55.1 Å². The fourth-order valence-corrected chi connectivity index (χ4v) is 1.39. The van der Waals surface area contributed by atoms with E-state index < -0.39 is 12.7 Å². The molecular weight excluding hydrogens is 247 g/mol. The zero-order valence-corrected chi connectivity index (χ0v) is 10.6. The van der Waals surface area contributed by atoms with E-state index in [9.17, 15) is 18.0 Å². The van der Waals surface area contributed by atoms with Crippen LogP contribution >= 0.6 is 0 Å². The number of alkyl halides is 3. The average Bonchev–Trinajstić information content (AvgIpc) is 2.29. The summed E-state index contributed by atoms with van der Waals surface area (Å²) in [5.41, 5.74) is 0. The van der Waals surface area contributed by atoms with E-state index in [-0.39, 0.29) is 31.8 Å². The molecule has 0 fully saturated rings. The third-order valence-electron chi connectivity index (χ3n) is 2.48. The number of hydrogen-bond donors (Lipinski definition) is 0. The summed E-state index contributed by atoms with van der Waals surface area (Å²) in [5.74, 6) is -0.245. The van der Waals surface area contributed by atoms with Crippen LogP contribution in [0.3, 0.4) is 0 Å². The Morgan fingerprint density at radius 2 is 1.94 bits per heavy atom. The molecule has 0 atom stereocenters. The molecule has 0 rings (SSSR count). The molecular formula is C11H18F3N3O. The van der Waals surface area contributed by atoms with E-state index in [4.69, 9.17) is 5.26 Å². The molecule has 0 saturated heterocycles. The highest BCUT2D eigenvalue weighted by Gasteiger charge is 2.30. The largest absolute Gasteiger partial charge is 0.401 e. The predicted octanol–water partition coefficient (Wildman–Crippen LogP) is 1.63. The second-order valence-electron chi connectivity index (χ2n) is 3.96. The van der Waals surface area contributed by atoms with Crippen LogP contribution < -0.4 is 0 Å². The minimum absolute atomic E-state index is 0.0336. The lowest BCUT2D eigenvalue weighted by Gasteiger charge is -2.23. The van der Waals surface area contributed by atoms with Gasteiger partial charge in [0, 0.05) is 26.6 Å². The smallest absolute Gasteiger partial charge is 0.345 e. The molecule has 0 N–H and O–H groups in total. The van der Waals surface area contributed by atoms with Gasteiger partial charge in [-0.15, -0.1) is 0 Å². The van der Waals surface area contributed by atoms with Crippen LogP contribution in [0.1, 0.15) is 19.8 Å². The monoisotopic (exact) mass is 265 g/mol. The first-order valence-electron chi connectivity index (χ1n) is 5.70. The standard InChI is InChI=1S/C11H18F3N3O/c1-3-17(9-11(12,13)14)8-5-10(18)16(2)7-4-6-15/h3-5,7-9H2,1-2H3. The maximum absolute atomic E-state index is 12.2. The highest BCUT2D eigenvalue weighted by Crippen LogP contribution is 2.16. The molecule has 0 spiro atoms. The van der Waals surface area contributed by atoms with Crippen molar-refractivity contribution in [2.75, 3.05) is 33.2 Å². The normalized spacial score (nSPS) is 11.4. The molecule has 104 valence electrons. The number of nitriles is 1. The summed E-state index contributed by atoms with van der Waals surface area (Å²) >= 11 is 0. The summed E-state index contributed by atoms with van der Waals surface area (Å²) in [6.07, 6.45) is -3.99. The first-order valence-corrected chi connectivity index (χ1v) is 5.70. The molecule has 18 heavy (non-hydrogen) atoms. The van der Waals surface area contributed by atoms with Gasteiger partial charge in [0.25, 0.3) is 0 Å². The van der Waals surface area contributed by atoms with Crippen LogP contribution in [0.25, 0.3) is 0 Å². The molecule has 0 heterocycles. The number of carbonyl (C=O) groups excluding carboxylic acids is 1. The lowest BCUT2D eigenvalue weighted by molar-refractivity contribution is -0.147.